The molecule has 4 aromatic rings. The summed E-state index contributed by atoms with van der Waals surface area (Å²) in [7, 11) is 1.92. The van der Waals surface area contributed by atoms with E-state index in [9.17, 15) is 0 Å². The van der Waals surface area contributed by atoms with Crippen molar-refractivity contribution in [1.29, 1.82) is 0 Å². The molecule has 0 saturated carbocycles. The zero-order valence-corrected chi connectivity index (χ0v) is 14.5. The number of rotatable bonds is 4. The highest BCUT2D eigenvalue weighted by molar-refractivity contribution is 5.54. The molecule has 126 valence electrons. The average molecular weight is 333 g/mol. The van der Waals surface area contributed by atoms with Gasteiger partial charge in [-0.2, -0.15) is 10.2 Å². The van der Waals surface area contributed by atoms with Gasteiger partial charge in [0.15, 0.2) is 17.3 Å². The van der Waals surface area contributed by atoms with Crippen molar-refractivity contribution >= 4 is 5.65 Å². The van der Waals surface area contributed by atoms with Gasteiger partial charge in [0.1, 0.15) is 5.82 Å². The van der Waals surface area contributed by atoms with Crippen LogP contribution in [-0.4, -0.2) is 34.3 Å². The smallest absolute Gasteiger partial charge is 0.181 e. The molecule has 3 heterocycles. The van der Waals surface area contributed by atoms with Crippen LogP contribution in [0.15, 0.2) is 36.5 Å². The summed E-state index contributed by atoms with van der Waals surface area (Å²) in [4.78, 5) is 13.6. The molecule has 4 rings (SSSR count). The van der Waals surface area contributed by atoms with Crippen LogP contribution in [0, 0.1) is 13.8 Å². The van der Waals surface area contributed by atoms with Crippen LogP contribution in [0.1, 0.15) is 23.0 Å². The van der Waals surface area contributed by atoms with Crippen molar-refractivity contribution in [3.05, 3.63) is 59.6 Å². The van der Waals surface area contributed by atoms with E-state index in [1.807, 2.05) is 66.6 Å². The maximum atomic E-state index is 4.66. The zero-order valence-electron chi connectivity index (χ0n) is 14.5. The predicted octanol–water partition coefficient (Wildman–Crippen LogP) is 2.32. The number of hydrogen-bond donors (Lipinski definition) is 0. The number of benzene rings is 1. The third kappa shape index (κ3) is 2.88. The van der Waals surface area contributed by atoms with Gasteiger partial charge < -0.3 is 0 Å². The Balaban J connectivity index is 1.57. The van der Waals surface area contributed by atoms with Crippen molar-refractivity contribution in [3.8, 4) is 11.4 Å². The summed E-state index contributed by atoms with van der Waals surface area (Å²) in [5, 5.41) is 9.10. The Morgan fingerprint density at radius 2 is 1.76 bits per heavy atom. The molecule has 0 unspecified atom stereocenters. The molecule has 0 atom stereocenters. The lowest BCUT2D eigenvalue weighted by Crippen LogP contribution is -2.03. The van der Waals surface area contributed by atoms with Gasteiger partial charge in [-0.1, -0.05) is 30.3 Å². The molecule has 0 bridgehead atoms. The second-order valence-corrected chi connectivity index (χ2v) is 6.09. The summed E-state index contributed by atoms with van der Waals surface area (Å²) in [6.45, 7) is 3.93. The molecule has 7 nitrogen and oxygen atoms in total. The van der Waals surface area contributed by atoms with Gasteiger partial charge in [-0.05, 0) is 13.8 Å². The zero-order chi connectivity index (χ0) is 17.4. The first-order chi connectivity index (χ1) is 12.1. The average Bonchev–Trinajstić information content (AvgIpc) is 3.22. The van der Waals surface area contributed by atoms with Crippen molar-refractivity contribution in [2.45, 2.75) is 26.7 Å². The van der Waals surface area contributed by atoms with E-state index >= 15 is 0 Å². The number of nitrogens with zero attached hydrogens (tertiary/aromatic N) is 7. The van der Waals surface area contributed by atoms with Gasteiger partial charge in [-0.15, -0.1) is 0 Å². The fourth-order valence-corrected chi connectivity index (χ4v) is 2.81. The topological polar surface area (TPSA) is 73.8 Å². The summed E-state index contributed by atoms with van der Waals surface area (Å²) < 4.78 is 3.68. The lowest BCUT2D eigenvalue weighted by Gasteiger charge is -1.97. The van der Waals surface area contributed by atoms with Crippen LogP contribution >= 0.6 is 0 Å². The normalized spacial score (nSPS) is 11.3. The van der Waals surface area contributed by atoms with Crippen LogP contribution in [0.25, 0.3) is 17.0 Å². The lowest BCUT2D eigenvalue weighted by molar-refractivity contribution is 0.683. The van der Waals surface area contributed by atoms with Gasteiger partial charge in [0, 0.05) is 31.6 Å². The van der Waals surface area contributed by atoms with E-state index in [2.05, 4.69) is 25.1 Å². The van der Waals surface area contributed by atoms with Gasteiger partial charge in [0.25, 0.3) is 0 Å². The van der Waals surface area contributed by atoms with Crippen LogP contribution in [0.2, 0.25) is 0 Å². The fraction of sp³-hybridized carbons (Fsp3) is 0.278. The predicted molar refractivity (Wildman–Crippen MR) is 94.1 cm³/mol. The lowest BCUT2D eigenvalue weighted by atomic mass is 10.2. The van der Waals surface area contributed by atoms with Crippen LogP contribution in [0.4, 0.5) is 0 Å². The van der Waals surface area contributed by atoms with Crippen molar-refractivity contribution in [2.24, 2.45) is 7.05 Å². The third-order valence-electron chi connectivity index (χ3n) is 4.21. The highest BCUT2D eigenvalue weighted by Crippen LogP contribution is 2.15. The minimum Gasteiger partial charge on any atom is -0.256 e. The van der Waals surface area contributed by atoms with Crippen molar-refractivity contribution in [3.63, 3.8) is 0 Å². The standard InChI is InChI=1S/C18H19N7/c1-12-11-19-13(2)18-20-15(22-25(12)18)9-10-16-21-17(23-24(16)3)14-7-5-4-6-8-14/h4-8,11H,9-10H2,1-3H3. The first-order valence-electron chi connectivity index (χ1n) is 8.25. The Morgan fingerprint density at radius 3 is 2.52 bits per heavy atom. The molecule has 0 N–H and O–H groups in total. The molecule has 0 radical (unpaired) electrons. The van der Waals surface area contributed by atoms with Crippen LogP contribution in [-0.2, 0) is 19.9 Å². The summed E-state index contributed by atoms with van der Waals surface area (Å²) >= 11 is 0. The molecular formula is C18H19N7. The maximum absolute atomic E-state index is 4.66. The molecule has 7 heteroatoms. The molecule has 0 aliphatic carbocycles. The second kappa shape index (κ2) is 6.08. The van der Waals surface area contributed by atoms with Crippen molar-refractivity contribution < 1.29 is 0 Å². The third-order valence-corrected chi connectivity index (χ3v) is 4.21. The molecule has 3 aromatic heterocycles. The Labute approximate surface area is 145 Å². The van der Waals surface area contributed by atoms with Gasteiger partial charge in [0.05, 0.1) is 11.4 Å². The minimum absolute atomic E-state index is 0.710. The van der Waals surface area contributed by atoms with E-state index in [0.717, 1.165) is 46.5 Å². The highest BCUT2D eigenvalue weighted by atomic mass is 15.3. The van der Waals surface area contributed by atoms with E-state index in [4.69, 9.17) is 0 Å². The molecule has 0 amide bonds. The Morgan fingerprint density at radius 1 is 0.960 bits per heavy atom. The van der Waals surface area contributed by atoms with E-state index in [0.29, 0.717) is 6.42 Å². The molecule has 0 aliphatic heterocycles. The molecule has 25 heavy (non-hydrogen) atoms. The SMILES string of the molecule is Cc1ncc(C)n2nc(CCc3nc(-c4ccccc4)nn3C)nc12. The van der Waals surface area contributed by atoms with Gasteiger partial charge in [0.2, 0.25) is 0 Å². The van der Waals surface area contributed by atoms with Crippen molar-refractivity contribution in [1.82, 2.24) is 34.3 Å². The van der Waals surface area contributed by atoms with E-state index in [1.165, 1.54) is 0 Å². The molecule has 0 saturated heterocycles. The monoisotopic (exact) mass is 333 g/mol. The molecule has 0 fully saturated rings. The number of fused-ring (bicyclic) bond motifs is 1. The van der Waals surface area contributed by atoms with E-state index in [1.54, 1.807) is 0 Å². The quantitative estimate of drug-likeness (QED) is 0.573. The summed E-state index contributed by atoms with van der Waals surface area (Å²) in [5.74, 6) is 2.46. The minimum atomic E-state index is 0.710. The van der Waals surface area contributed by atoms with Crippen LogP contribution in [0.5, 0.6) is 0 Å². The van der Waals surface area contributed by atoms with Gasteiger partial charge in [-0.25, -0.2) is 14.5 Å². The molecular weight excluding hydrogens is 314 g/mol. The molecule has 1 aromatic carbocycles. The van der Waals surface area contributed by atoms with E-state index < -0.39 is 0 Å². The number of aromatic nitrogens is 7. The first-order valence-corrected chi connectivity index (χ1v) is 8.25. The Kier molecular flexibility index (Phi) is 3.76. The molecule has 0 spiro atoms. The largest absolute Gasteiger partial charge is 0.256 e. The summed E-state index contributed by atoms with van der Waals surface area (Å²) in [5.41, 5.74) is 3.70. The van der Waals surface area contributed by atoms with Crippen molar-refractivity contribution in [2.75, 3.05) is 0 Å². The molecule has 0 aliphatic rings. The van der Waals surface area contributed by atoms with Gasteiger partial charge >= 0.3 is 0 Å². The van der Waals surface area contributed by atoms with Crippen LogP contribution in [0.3, 0.4) is 0 Å². The van der Waals surface area contributed by atoms with E-state index in [-0.39, 0.29) is 0 Å². The Bertz CT molecular complexity index is 991. The number of aryl methyl sites for hydroxylation is 5. The maximum Gasteiger partial charge on any atom is 0.181 e. The summed E-state index contributed by atoms with van der Waals surface area (Å²) in [6.07, 6.45) is 3.26. The van der Waals surface area contributed by atoms with Crippen LogP contribution < -0.4 is 0 Å². The first kappa shape index (κ1) is 15.4. The Hall–Kier alpha value is -3.09. The second-order valence-electron chi connectivity index (χ2n) is 6.09. The number of hydrogen-bond acceptors (Lipinski definition) is 5. The fourth-order valence-electron chi connectivity index (χ4n) is 2.81. The highest BCUT2D eigenvalue weighted by Gasteiger charge is 2.12. The van der Waals surface area contributed by atoms with Gasteiger partial charge in [-0.3, -0.25) is 9.67 Å². The summed E-state index contributed by atoms with van der Waals surface area (Å²) in [6, 6.07) is 10.00.